The summed E-state index contributed by atoms with van der Waals surface area (Å²) >= 11 is 3.07. The van der Waals surface area contributed by atoms with Crippen LogP contribution in [0.1, 0.15) is 39.0 Å². The van der Waals surface area contributed by atoms with E-state index < -0.39 is 5.97 Å². The number of fused-ring (bicyclic) bond motifs is 2. The fourth-order valence-corrected chi connectivity index (χ4v) is 6.03. The molecule has 208 valence electrons. The Labute approximate surface area is 255 Å². The number of aromatic nitrogens is 4. The molecule has 0 saturated heterocycles. The third-order valence-corrected chi connectivity index (χ3v) is 7.91. The summed E-state index contributed by atoms with van der Waals surface area (Å²) in [7, 11) is 0. The van der Waals surface area contributed by atoms with Gasteiger partial charge in [-0.25, -0.2) is 19.6 Å². The van der Waals surface area contributed by atoms with Gasteiger partial charge in [0.05, 0.1) is 16.0 Å². The van der Waals surface area contributed by atoms with E-state index in [9.17, 15) is 9.59 Å². The molecule has 0 unspecified atom stereocenters. The van der Waals surface area contributed by atoms with Crippen LogP contribution in [0.3, 0.4) is 0 Å². The van der Waals surface area contributed by atoms with Gasteiger partial charge < -0.3 is 30.8 Å². The molecule has 0 saturated carbocycles. The molecule has 4 aromatic heterocycles. The number of hydrogen-bond acceptors (Lipinski definition) is 8. The van der Waals surface area contributed by atoms with Crippen LogP contribution in [0.15, 0.2) is 60.7 Å². The van der Waals surface area contributed by atoms with Crippen LogP contribution in [-0.2, 0) is 4.74 Å². The molecule has 0 aliphatic carbocycles. The second-order valence-corrected chi connectivity index (χ2v) is 10.5. The van der Waals surface area contributed by atoms with Gasteiger partial charge in [-0.05, 0) is 44.0 Å². The summed E-state index contributed by atoms with van der Waals surface area (Å²) in [6, 6.07) is 19.6. The van der Waals surface area contributed by atoms with Crippen LogP contribution in [0.4, 0.5) is 0 Å². The Hall–Kier alpha value is -3.76. The number of nitrogens with one attached hydrogen (secondary N) is 2. The van der Waals surface area contributed by atoms with Crippen LogP contribution in [0.5, 0.6) is 0 Å². The molecule has 0 atom stereocenters. The van der Waals surface area contributed by atoms with Gasteiger partial charge >= 0.3 is 30.8 Å². The van der Waals surface area contributed by atoms with Crippen LogP contribution in [0, 0.1) is 13.8 Å². The van der Waals surface area contributed by atoms with E-state index in [4.69, 9.17) is 9.84 Å². The molecular weight excluding hydrogens is 559 g/mol. The Morgan fingerprint density at radius 3 is 1.68 bits per heavy atom. The topological polar surface area (TPSA) is 182 Å². The van der Waals surface area contributed by atoms with Crippen molar-refractivity contribution in [2.24, 2.45) is 0 Å². The number of esters is 1. The van der Waals surface area contributed by atoms with Gasteiger partial charge in [0.15, 0.2) is 0 Å². The van der Waals surface area contributed by atoms with Crippen molar-refractivity contribution in [3.63, 3.8) is 0 Å². The van der Waals surface area contributed by atoms with Crippen LogP contribution in [0.25, 0.3) is 41.8 Å². The molecule has 0 bridgehead atoms. The Bertz CT molecular complexity index is 1730. The summed E-state index contributed by atoms with van der Waals surface area (Å²) < 4.78 is 6.80. The van der Waals surface area contributed by atoms with Crippen LogP contribution in [0.2, 0.25) is 0 Å². The van der Waals surface area contributed by atoms with Gasteiger partial charge in [0.25, 0.3) is 0 Å². The van der Waals surface area contributed by atoms with E-state index in [-0.39, 0.29) is 41.5 Å². The number of H-pyrrole nitrogens is 2. The maximum atomic E-state index is 11.6. The summed E-state index contributed by atoms with van der Waals surface area (Å²) in [5.74, 6) is -1.30. The second kappa shape index (κ2) is 14.2. The maximum Gasteiger partial charge on any atom is 1.00 e. The van der Waals surface area contributed by atoms with Crippen molar-refractivity contribution < 1.29 is 49.2 Å². The zero-order valence-corrected chi connectivity index (χ0v) is 24.4. The molecule has 6 aromatic rings. The zero-order valence-electron chi connectivity index (χ0n) is 22.8. The first-order valence-corrected chi connectivity index (χ1v) is 13.5. The van der Waals surface area contributed by atoms with E-state index in [1.54, 1.807) is 30.4 Å². The number of aryl methyl sites for hydroxylation is 2. The smallest absolute Gasteiger partial charge is 0.870 e. The maximum absolute atomic E-state index is 11.6. The largest absolute Gasteiger partial charge is 1.00 e. The quantitative estimate of drug-likeness (QED) is 0.205. The number of carbonyl (C=O) groups excluding carboxylic acids is 1. The van der Waals surface area contributed by atoms with Gasteiger partial charge in [0, 0.05) is 11.1 Å². The van der Waals surface area contributed by atoms with Gasteiger partial charge in [-0.15, -0.1) is 22.7 Å². The Balaban J connectivity index is 0.000000268. The molecule has 4 heterocycles. The van der Waals surface area contributed by atoms with Crippen LogP contribution < -0.4 is 18.9 Å². The van der Waals surface area contributed by atoms with Gasteiger partial charge in [0.1, 0.15) is 32.7 Å². The molecule has 0 spiro atoms. The van der Waals surface area contributed by atoms with Gasteiger partial charge in [-0.1, -0.05) is 48.5 Å². The van der Waals surface area contributed by atoms with E-state index in [1.807, 2.05) is 43.3 Å². The Morgan fingerprint density at radius 1 is 0.829 bits per heavy atom. The van der Waals surface area contributed by atoms with Crippen molar-refractivity contribution in [2.75, 3.05) is 6.61 Å². The van der Waals surface area contributed by atoms with Crippen molar-refractivity contribution in [1.82, 2.24) is 19.9 Å². The zero-order chi connectivity index (χ0) is 26.8. The fourth-order valence-electron chi connectivity index (χ4n) is 3.92. The van der Waals surface area contributed by atoms with Crippen molar-refractivity contribution in [2.45, 2.75) is 20.8 Å². The molecule has 0 fully saturated rings. The molecule has 10 nitrogen and oxygen atoms in total. The van der Waals surface area contributed by atoms with E-state index in [0.29, 0.717) is 17.9 Å². The monoisotopic (exact) mass is 586 g/mol. The number of thiazole rings is 2. The minimum Gasteiger partial charge on any atom is -0.870 e. The average Bonchev–Trinajstić information content (AvgIpc) is 3.64. The summed E-state index contributed by atoms with van der Waals surface area (Å²) in [5, 5.41) is 10.7. The third-order valence-electron chi connectivity index (χ3n) is 5.84. The average molecular weight is 587 g/mol. The number of benzene rings is 2. The number of hydrogen-bond donors (Lipinski definition) is 3. The fraction of sp³-hybridized carbons (Fsp3) is 0.143. The van der Waals surface area contributed by atoms with Crippen molar-refractivity contribution in [1.29, 1.82) is 0 Å². The predicted molar refractivity (Wildman–Crippen MR) is 157 cm³/mol. The number of carboxylic acids is 1. The molecule has 6 N–H and O–H groups in total. The third kappa shape index (κ3) is 7.12. The molecule has 41 heavy (non-hydrogen) atoms. The number of carboxylic acid groups (broad SMARTS) is 1. The predicted octanol–water partition coefficient (Wildman–Crippen LogP) is 3.08. The molecule has 0 aliphatic heterocycles. The van der Waals surface area contributed by atoms with Crippen molar-refractivity contribution >= 4 is 55.3 Å². The van der Waals surface area contributed by atoms with E-state index in [1.165, 1.54) is 16.9 Å². The van der Waals surface area contributed by atoms with Gasteiger partial charge in [0.2, 0.25) is 0 Å². The number of ether oxygens (including phenoxy) is 1. The Kier molecular flexibility index (Phi) is 11.6. The van der Waals surface area contributed by atoms with Crippen LogP contribution >= 0.6 is 22.7 Å². The summed E-state index contributed by atoms with van der Waals surface area (Å²) in [6.07, 6.45) is 0. The minimum absolute atomic E-state index is 0. The number of aromatic amines is 2. The van der Waals surface area contributed by atoms with E-state index in [2.05, 4.69) is 39.0 Å². The molecule has 6 rings (SSSR count). The number of rotatable bonds is 5. The second-order valence-electron chi connectivity index (χ2n) is 8.49. The molecule has 0 aliphatic rings. The normalized spacial score (nSPS) is 10.1. The molecular formula is C28H27LiN4O6S2. The standard InChI is InChI=1S/C15H14N2O2S.C13H10N2O2S.Li.2H2O/c1-3-19-15(18)11-8-12-13(16-11)17-14(20-12)10-7-5-4-6-9(10)2;1-7-4-2-3-5-8(7)12-15-11-10(18-12)6-9(14-11)13(16)17;;;/h4-8,16H,3H2,1-2H3;2-6,14H,1H3,(H,16,17);;2*1H2/q;;+1;;/p-1. The SMILES string of the molecule is CCOC(=O)c1cc2sc(-c3ccccc3C)nc2[nH]1.Cc1ccccc1-c1nc2[nH]c(C(=O)O)cc2s1.O.[Li+].[OH-]. The molecule has 13 heteroatoms. The molecule has 2 aromatic carbocycles. The van der Waals surface area contributed by atoms with Crippen LogP contribution in [-0.4, -0.2) is 54.5 Å². The molecule has 0 radical (unpaired) electrons. The Morgan fingerprint density at radius 2 is 1.27 bits per heavy atom. The van der Waals surface area contributed by atoms with Gasteiger partial charge in [-0.2, -0.15) is 0 Å². The van der Waals surface area contributed by atoms with E-state index in [0.717, 1.165) is 41.8 Å². The van der Waals surface area contributed by atoms with Crippen molar-refractivity contribution in [3.8, 4) is 21.1 Å². The summed E-state index contributed by atoms with van der Waals surface area (Å²) in [4.78, 5) is 37.3. The minimum atomic E-state index is -0.961. The summed E-state index contributed by atoms with van der Waals surface area (Å²) in [6.45, 7) is 6.26. The number of aromatic carboxylic acids is 1. The van der Waals surface area contributed by atoms with Crippen molar-refractivity contribution in [3.05, 3.63) is 83.2 Å². The van der Waals surface area contributed by atoms with E-state index >= 15 is 0 Å². The first-order valence-electron chi connectivity index (χ1n) is 11.9. The first-order chi connectivity index (χ1) is 18.3. The summed E-state index contributed by atoms with van der Waals surface area (Å²) in [5.41, 5.74) is 6.56. The number of nitrogens with zero attached hydrogens (tertiary/aromatic N) is 2. The first kappa shape index (κ1) is 33.4. The van der Waals surface area contributed by atoms with Gasteiger partial charge in [-0.3, -0.25) is 0 Å². The molecule has 0 amide bonds. The number of carbonyl (C=O) groups is 2.